The van der Waals surface area contributed by atoms with Crippen molar-refractivity contribution in [3.8, 4) is 0 Å². The van der Waals surface area contributed by atoms with E-state index in [1.165, 1.54) is 0 Å². The summed E-state index contributed by atoms with van der Waals surface area (Å²) in [6, 6.07) is 0. The van der Waals surface area contributed by atoms with Crippen LogP contribution in [-0.4, -0.2) is 37.7 Å². The Labute approximate surface area is 110 Å². The van der Waals surface area contributed by atoms with Gasteiger partial charge >= 0.3 is 0 Å². The van der Waals surface area contributed by atoms with Crippen molar-refractivity contribution in [2.24, 2.45) is 0 Å². The maximum absolute atomic E-state index is 12.0. The zero-order chi connectivity index (χ0) is 12.7. The smallest absolute Gasteiger partial charge is 0.202 e. The maximum Gasteiger partial charge on any atom is 0.279 e. The minimum Gasteiger partial charge on any atom is -0.202 e. The van der Waals surface area contributed by atoms with Gasteiger partial charge in [0.1, 0.15) is 0 Å². The molecule has 1 N–H and O–H groups in total. The summed E-state index contributed by atoms with van der Waals surface area (Å²) >= 11 is 5.96. The number of nitrogens with one attached hydrogen (secondary N) is 1. The molecule has 0 spiro atoms. The Morgan fingerprint density at radius 2 is 1.82 bits per heavy atom. The van der Waals surface area contributed by atoms with Gasteiger partial charge < -0.3 is 0 Å². The Morgan fingerprint density at radius 3 is 2.35 bits per heavy atom. The first-order valence-electron chi connectivity index (χ1n) is 6.45. The predicted molar refractivity (Wildman–Crippen MR) is 71.5 cm³/mol. The minimum absolute atomic E-state index is 0.0573. The van der Waals surface area contributed by atoms with E-state index in [0.717, 1.165) is 32.1 Å². The molecule has 1 unspecified atom stereocenters. The van der Waals surface area contributed by atoms with E-state index in [-0.39, 0.29) is 5.38 Å². The van der Waals surface area contributed by atoms with Crippen LogP contribution in [0, 0.1) is 0 Å². The van der Waals surface area contributed by atoms with Crippen molar-refractivity contribution in [1.29, 1.82) is 0 Å². The second-order valence-electron chi connectivity index (χ2n) is 4.51. The third-order valence-electron chi connectivity index (χ3n) is 3.09. The van der Waals surface area contributed by atoms with E-state index in [1.54, 1.807) is 4.31 Å². The third kappa shape index (κ3) is 5.55. The van der Waals surface area contributed by atoms with Gasteiger partial charge in [-0.05, 0) is 25.7 Å². The van der Waals surface area contributed by atoms with Crippen LogP contribution in [0.2, 0.25) is 0 Å². The Balaban J connectivity index is 2.38. The zero-order valence-corrected chi connectivity index (χ0v) is 12.1. The van der Waals surface area contributed by atoms with E-state index in [0.29, 0.717) is 26.1 Å². The Morgan fingerprint density at radius 1 is 1.24 bits per heavy atom. The number of halogens is 1. The van der Waals surface area contributed by atoms with Crippen LogP contribution < -0.4 is 4.72 Å². The van der Waals surface area contributed by atoms with Crippen LogP contribution in [0.25, 0.3) is 0 Å². The minimum atomic E-state index is -3.29. The monoisotopic (exact) mass is 282 g/mol. The van der Waals surface area contributed by atoms with Crippen molar-refractivity contribution < 1.29 is 8.42 Å². The van der Waals surface area contributed by atoms with Crippen molar-refractivity contribution in [3.05, 3.63) is 0 Å². The van der Waals surface area contributed by atoms with Gasteiger partial charge in [-0.3, -0.25) is 0 Å². The second-order valence-corrected chi connectivity index (χ2v) is 6.88. The standard InChI is InChI=1S/C11H23ClN2O2S/c1-2-11(12)7-8-13-17(15,16)14-9-5-3-4-6-10-14/h11,13H,2-10H2,1H3. The summed E-state index contributed by atoms with van der Waals surface area (Å²) in [5, 5.41) is 0.0573. The first kappa shape index (κ1) is 15.2. The summed E-state index contributed by atoms with van der Waals surface area (Å²) in [7, 11) is -3.29. The first-order chi connectivity index (χ1) is 8.06. The normalized spacial score (nSPS) is 21.1. The largest absolute Gasteiger partial charge is 0.279 e. The fourth-order valence-corrected chi connectivity index (χ4v) is 3.33. The quantitative estimate of drug-likeness (QED) is 0.759. The second kappa shape index (κ2) is 7.56. The Bertz CT molecular complexity index is 301. The summed E-state index contributed by atoms with van der Waals surface area (Å²) < 4.78 is 28.2. The van der Waals surface area contributed by atoms with Crippen molar-refractivity contribution in [3.63, 3.8) is 0 Å². The third-order valence-corrected chi connectivity index (χ3v) is 5.23. The van der Waals surface area contributed by atoms with Gasteiger partial charge in [-0.25, -0.2) is 4.72 Å². The highest BCUT2D eigenvalue weighted by molar-refractivity contribution is 7.87. The maximum atomic E-state index is 12.0. The highest BCUT2D eigenvalue weighted by Crippen LogP contribution is 2.12. The van der Waals surface area contributed by atoms with Crippen molar-refractivity contribution in [1.82, 2.24) is 9.03 Å². The SMILES string of the molecule is CCC(Cl)CCNS(=O)(=O)N1CCCCCC1. The first-order valence-corrected chi connectivity index (χ1v) is 8.32. The molecular formula is C11H23ClN2O2S. The van der Waals surface area contributed by atoms with E-state index in [1.807, 2.05) is 6.92 Å². The Kier molecular flexibility index (Phi) is 6.77. The summed E-state index contributed by atoms with van der Waals surface area (Å²) in [5.74, 6) is 0. The van der Waals surface area contributed by atoms with Gasteiger partial charge in [0.2, 0.25) is 0 Å². The fraction of sp³-hybridized carbons (Fsp3) is 1.00. The number of alkyl halides is 1. The van der Waals surface area contributed by atoms with Crippen LogP contribution in [0.5, 0.6) is 0 Å². The molecule has 1 saturated heterocycles. The van der Waals surface area contributed by atoms with Gasteiger partial charge in [-0.2, -0.15) is 12.7 Å². The zero-order valence-electron chi connectivity index (χ0n) is 10.5. The molecule has 1 heterocycles. The molecule has 0 bridgehead atoms. The van der Waals surface area contributed by atoms with E-state index < -0.39 is 10.2 Å². The molecule has 0 aromatic carbocycles. The molecule has 0 radical (unpaired) electrons. The fourth-order valence-electron chi connectivity index (χ4n) is 1.92. The number of nitrogens with zero attached hydrogens (tertiary/aromatic N) is 1. The summed E-state index contributed by atoms with van der Waals surface area (Å²) in [5.41, 5.74) is 0. The topological polar surface area (TPSA) is 49.4 Å². The molecule has 0 aromatic rings. The lowest BCUT2D eigenvalue weighted by atomic mass is 10.2. The van der Waals surface area contributed by atoms with Gasteiger partial charge in [0, 0.05) is 25.0 Å². The van der Waals surface area contributed by atoms with E-state index in [2.05, 4.69) is 4.72 Å². The summed E-state index contributed by atoms with van der Waals surface area (Å²) in [6.45, 7) is 3.72. The lowest BCUT2D eigenvalue weighted by Crippen LogP contribution is -2.41. The van der Waals surface area contributed by atoms with Crippen molar-refractivity contribution in [2.45, 2.75) is 50.8 Å². The molecule has 102 valence electrons. The van der Waals surface area contributed by atoms with E-state index >= 15 is 0 Å². The highest BCUT2D eigenvalue weighted by Gasteiger charge is 2.22. The molecule has 0 saturated carbocycles. The van der Waals surface area contributed by atoms with Gasteiger partial charge in [-0.1, -0.05) is 19.8 Å². The molecule has 0 amide bonds. The van der Waals surface area contributed by atoms with Gasteiger partial charge in [0.15, 0.2) is 0 Å². The van der Waals surface area contributed by atoms with Gasteiger partial charge in [0.25, 0.3) is 10.2 Å². The molecule has 0 aliphatic carbocycles. The van der Waals surface area contributed by atoms with Gasteiger partial charge in [-0.15, -0.1) is 11.6 Å². The molecule has 17 heavy (non-hydrogen) atoms. The van der Waals surface area contributed by atoms with Crippen molar-refractivity contribution >= 4 is 21.8 Å². The van der Waals surface area contributed by atoms with Crippen LogP contribution in [0.1, 0.15) is 45.4 Å². The number of rotatable bonds is 6. The van der Waals surface area contributed by atoms with E-state index in [9.17, 15) is 8.42 Å². The predicted octanol–water partition coefficient (Wildman–Crippen LogP) is 2.10. The molecular weight excluding hydrogens is 260 g/mol. The molecule has 1 aliphatic rings. The molecule has 1 fully saturated rings. The lowest BCUT2D eigenvalue weighted by molar-refractivity contribution is 0.414. The van der Waals surface area contributed by atoms with Crippen LogP contribution in [0.15, 0.2) is 0 Å². The molecule has 1 atom stereocenters. The highest BCUT2D eigenvalue weighted by atomic mass is 35.5. The molecule has 0 aromatic heterocycles. The number of hydrogen-bond acceptors (Lipinski definition) is 2. The van der Waals surface area contributed by atoms with Crippen LogP contribution in [-0.2, 0) is 10.2 Å². The number of hydrogen-bond donors (Lipinski definition) is 1. The molecule has 1 aliphatic heterocycles. The lowest BCUT2D eigenvalue weighted by Gasteiger charge is -2.20. The average Bonchev–Trinajstić information content (AvgIpc) is 2.57. The van der Waals surface area contributed by atoms with Crippen LogP contribution >= 0.6 is 11.6 Å². The van der Waals surface area contributed by atoms with E-state index in [4.69, 9.17) is 11.6 Å². The van der Waals surface area contributed by atoms with Crippen LogP contribution in [0.3, 0.4) is 0 Å². The summed E-state index contributed by atoms with van der Waals surface area (Å²) in [6.07, 6.45) is 5.75. The summed E-state index contributed by atoms with van der Waals surface area (Å²) in [4.78, 5) is 0. The van der Waals surface area contributed by atoms with Gasteiger partial charge in [0.05, 0.1) is 0 Å². The molecule has 4 nitrogen and oxygen atoms in total. The molecule has 1 rings (SSSR count). The molecule has 6 heteroatoms. The van der Waals surface area contributed by atoms with Crippen LogP contribution in [0.4, 0.5) is 0 Å². The Hall–Kier alpha value is 0.160. The average molecular weight is 283 g/mol. The van der Waals surface area contributed by atoms with Crippen molar-refractivity contribution in [2.75, 3.05) is 19.6 Å².